The van der Waals surface area contributed by atoms with Gasteiger partial charge >= 0.3 is 0 Å². The standard InChI is InChI=1S/C11H26N2/c1-4-11(5-2)10-13(6-3)9-7-8-12/h11H,4-10,12H2,1-3H3. The molecule has 0 atom stereocenters. The monoisotopic (exact) mass is 186 g/mol. The van der Waals surface area contributed by atoms with Gasteiger partial charge in [0.25, 0.3) is 0 Å². The smallest absolute Gasteiger partial charge is 0.000935 e. The van der Waals surface area contributed by atoms with Gasteiger partial charge in [0.05, 0.1) is 0 Å². The lowest BCUT2D eigenvalue weighted by atomic mass is 10.0. The van der Waals surface area contributed by atoms with Crippen LogP contribution in [0.2, 0.25) is 0 Å². The minimum atomic E-state index is 0.819. The summed E-state index contributed by atoms with van der Waals surface area (Å²) in [7, 11) is 0. The molecule has 0 aromatic heterocycles. The average Bonchev–Trinajstić information content (AvgIpc) is 2.19. The van der Waals surface area contributed by atoms with Crippen LogP contribution in [0, 0.1) is 5.92 Å². The second-order valence-electron chi connectivity index (χ2n) is 3.72. The second-order valence-corrected chi connectivity index (χ2v) is 3.72. The molecule has 0 saturated carbocycles. The maximum atomic E-state index is 5.50. The first-order valence-electron chi connectivity index (χ1n) is 5.70. The highest BCUT2D eigenvalue weighted by molar-refractivity contribution is 4.63. The average molecular weight is 186 g/mol. The lowest BCUT2D eigenvalue weighted by molar-refractivity contribution is 0.232. The Morgan fingerprint density at radius 3 is 2.15 bits per heavy atom. The largest absolute Gasteiger partial charge is 0.330 e. The van der Waals surface area contributed by atoms with Gasteiger partial charge < -0.3 is 10.6 Å². The molecule has 13 heavy (non-hydrogen) atoms. The quantitative estimate of drug-likeness (QED) is 0.629. The molecule has 2 N–H and O–H groups in total. The van der Waals surface area contributed by atoms with Crippen LogP contribution in [0.15, 0.2) is 0 Å². The number of nitrogens with two attached hydrogens (primary N) is 1. The number of nitrogens with zero attached hydrogens (tertiary/aromatic N) is 1. The van der Waals surface area contributed by atoms with Gasteiger partial charge in [-0.1, -0.05) is 33.6 Å². The first-order valence-corrected chi connectivity index (χ1v) is 5.70. The maximum Gasteiger partial charge on any atom is 0.000935 e. The summed E-state index contributed by atoms with van der Waals surface area (Å²) in [5.74, 6) is 0.873. The molecular weight excluding hydrogens is 160 g/mol. The Kier molecular flexibility index (Phi) is 8.46. The zero-order valence-electron chi connectivity index (χ0n) is 9.55. The summed E-state index contributed by atoms with van der Waals surface area (Å²) in [4.78, 5) is 2.52. The maximum absolute atomic E-state index is 5.50. The molecule has 0 fully saturated rings. The molecule has 80 valence electrons. The van der Waals surface area contributed by atoms with E-state index in [-0.39, 0.29) is 0 Å². The molecule has 0 radical (unpaired) electrons. The van der Waals surface area contributed by atoms with Gasteiger partial charge in [-0.3, -0.25) is 0 Å². The van der Waals surface area contributed by atoms with Crippen LogP contribution < -0.4 is 5.73 Å². The predicted octanol–water partition coefficient (Wildman–Crippen LogP) is 2.09. The summed E-state index contributed by atoms with van der Waals surface area (Å²) in [6, 6.07) is 0. The van der Waals surface area contributed by atoms with Crippen molar-refractivity contribution in [3.63, 3.8) is 0 Å². The summed E-state index contributed by atoms with van der Waals surface area (Å²) in [5.41, 5.74) is 5.50. The van der Waals surface area contributed by atoms with E-state index in [0.717, 1.165) is 25.4 Å². The molecule has 0 rings (SSSR count). The molecule has 0 heterocycles. The molecular formula is C11H26N2. The molecule has 2 nitrogen and oxygen atoms in total. The second kappa shape index (κ2) is 8.52. The van der Waals surface area contributed by atoms with Crippen molar-refractivity contribution in [2.24, 2.45) is 11.7 Å². The van der Waals surface area contributed by atoms with Gasteiger partial charge in [-0.05, 0) is 32.0 Å². The first kappa shape index (κ1) is 12.9. The Hall–Kier alpha value is -0.0800. The molecule has 0 saturated heterocycles. The SMILES string of the molecule is CCC(CC)CN(CC)CCCN. The third-order valence-corrected chi connectivity index (χ3v) is 2.80. The topological polar surface area (TPSA) is 29.3 Å². The van der Waals surface area contributed by atoms with Crippen LogP contribution in [0.1, 0.15) is 40.0 Å². The first-order chi connectivity index (χ1) is 6.28. The fourth-order valence-corrected chi connectivity index (χ4v) is 1.61. The zero-order valence-corrected chi connectivity index (χ0v) is 9.55. The van der Waals surface area contributed by atoms with E-state index in [0.29, 0.717) is 0 Å². The highest BCUT2D eigenvalue weighted by Crippen LogP contribution is 2.09. The Morgan fingerprint density at radius 2 is 1.77 bits per heavy atom. The molecule has 0 aliphatic carbocycles. The van der Waals surface area contributed by atoms with Gasteiger partial charge in [0.2, 0.25) is 0 Å². The molecule has 0 amide bonds. The van der Waals surface area contributed by atoms with Crippen LogP contribution >= 0.6 is 0 Å². The Morgan fingerprint density at radius 1 is 1.15 bits per heavy atom. The van der Waals surface area contributed by atoms with E-state index in [1.54, 1.807) is 0 Å². The van der Waals surface area contributed by atoms with Crippen LogP contribution in [-0.2, 0) is 0 Å². The van der Waals surface area contributed by atoms with Crippen LogP contribution in [0.3, 0.4) is 0 Å². The Balaban J connectivity index is 3.67. The van der Waals surface area contributed by atoms with E-state index >= 15 is 0 Å². The summed E-state index contributed by atoms with van der Waals surface area (Å²) < 4.78 is 0. The highest BCUT2D eigenvalue weighted by Gasteiger charge is 2.08. The predicted molar refractivity (Wildman–Crippen MR) is 59.9 cm³/mol. The van der Waals surface area contributed by atoms with Crippen molar-refractivity contribution >= 4 is 0 Å². The van der Waals surface area contributed by atoms with E-state index in [2.05, 4.69) is 25.7 Å². The van der Waals surface area contributed by atoms with Crippen LogP contribution in [0.25, 0.3) is 0 Å². The third kappa shape index (κ3) is 6.05. The molecule has 0 spiro atoms. The van der Waals surface area contributed by atoms with Crippen molar-refractivity contribution in [3.05, 3.63) is 0 Å². The van der Waals surface area contributed by atoms with Gasteiger partial charge in [0.1, 0.15) is 0 Å². The van der Waals surface area contributed by atoms with Crippen LogP contribution in [0.5, 0.6) is 0 Å². The van der Waals surface area contributed by atoms with E-state index < -0.39 is 0 Å². The lowest BCUT2D eigenvalue weighted by Gasteiger charge is -2.24. The Bertz CT molecular complexity index is 100. The Labute approximate surface area is 83.5 Å². The molecule has 0 unspecified atom stereocenters. The van der Waals surface area contributed by atoms with Crippen molar-refractivity contribution in [3.8, 4) is 0 Å². The van der Waals surface area contributed by atoms with E-state index in [1.165, 1.54) is 25.9 Å². The molecule has 0 bridgehead atoms. The number of hydrogen-bond donors (Lipinski definition) is 1. The number of rotatable bonds is 8. The normalized spacial score (nSPS) is 11.5. The van der Waals surface area contributed by atoms with Crippen LogP contribution in [-0.4, -0.2) is 31.1 Å². The number of hydrogen-bond acceptors (Lipinski definition) is 2. The highest BCUT2D eigenvalue weighted by atomic mass is 15.1. The lowest BCUT2D eigenvalue weighted by Crippen LogP contribution is -2.31. The zero-order chi connectivity index (χ0) is 10.1. The third-order valence-electron chi connectivity index (χ3n) is 2.80. The summed E-state index contributed by atoms with van der Waals surface area (Å²) in [5, 5.41) is 0. The minimum Gasteiger partial charge on any atom is -0.330 e. The fourth-order valence-electron chi connectivity index (χ4n) is 1.61. The molecule has 0 aromatic rings. The summed E-state index contributed by atoms with van der Waals surface area (Å²) >= 11 is 0. The van der Waals surface area contributed by atoms with Gasteiger partial charge in [0.15, 0.2) is 0 Å². The molecule has 2 heteroatoms. The molecule has 0 aromatic carbocycles. The summed E-state index contributed by atoms with van der Waals surface area (Å²) in [6.07, 6.45) is 3.74. The van der Waals surface area contributed by atoms with E-state index in [4.69, 9.17) is 5.73 Å². The van der Waals surface area contributed by atoms with Crippen LogP contribution in [0.4, 0.5) is 0 Å². The van der Waals surface area contributed by atoms with Crippen molar-refractivity contribution < 1.29 is 0 Å². The summed E-state index contributed by atoms with van der Waals surface area (Å²) in [6.45, 7) is 11.2. The van der Waals surface area contributed by atoms with Gasteiger partial charge in [-0.15, -0.1) is 0 Å². The fraction of sp³-hybridized carbons (Fsp3) is 1.00. The van der Waals surface area contributed by atoms with Crippen molar-refractivity contribution in [2.75, 3.05) is 26.2 Å². The molecule has 0 aliphatic rings. The minimum absolute atomic E-state index is 0.819. The molecule has 0 aliphatic heterocycles. The van der Waals surface area contributed by atoms with Crippen molar-refractivity contribution in [1.82, 2.24) is 4.90 Å². The van der Waals surface area contributed by atoms with E-state index in [9.17, 15) is 0 Å². The van der Waals surface area contributed by atoms with Gasteiger partial charge in [-0.25, -0.2) is 0 Å². The van der Waals surface area contributed by atoms with E-state index in [1.807, 2.05) is 0 Å². The van der Waals surface area contributed by atoms with Crippen molar-refractivity contribution in [2.45, 2.75) is 40.0 Å². The van der Waals surface area contributed by atoms with Gasteiger partial charge in [0, 0.05) is 6.54 Å². The van der Waals surface area contributed by atoms with Crippen molar-refractivity contribution in [1.29, 1.82) is 0 Å². The van der Waals surface area contributed by atoms with Gasteiger partial charge in [-0.2, -0.15) is 0 Å².